The number of benzene rings is 1. The number of pyridine rings is 2. The monoisotopic (exact) mass is 343 g/mol. The van der Waals surface area contributed by atoms with E-state index in [4.69, 9.17) is 4.74 Å². The van der Waals surface area contributed by atoms with Crippen LogP contribution < -0.4 is 10.1 Å². The van der Waals surface area contributed by atoms with Crippen molar-refractivity contribution in [3.8, 4) is 5.75 Å². The van der Waals surface area contributed by atoms with Crippen LogP contribution in [0.25, 0.3) is 11.0 Å². The van der Waals surface area contributed by atoms with E-state index in [0.29, 0.717) is 6.54 Å². The molecule has 4 nitrogen and oxygen atoms in total. The van der Waals surface area contributed by atoms with Crippen molar-refractivity contribution in [3.63, 3.8) is 0 Å². The molecular weight excluding hydrogens is 330 g/mol. The first-order valence-electron chi connectivity index (χ1n) is 6.53. The fourth-order valence-corrected chi connectivity index (χ4v) is 2.45. The maximum absolute atomic E-state index is 5.23. The molecular formula is C16H14BrN3O. The number of ether oxygens (including phenoxy) is 1. The Kier molecular flexibility index (Phi) is 4.01. The summed E-state index contributed by atoms with van der Waals surface area (Å²) in [5.74, 6) is 0.857. The normalized spacial score (nSPS) is 10.6. The summed E-state index contributed by atoms with van der Waals surface area (Å²) in [4.78, 5) is 8.76. The molecule has 2 heterocycles. The molecule has 3 rings (SSSR count). The highest BCUT2D eigenvalue weighted by Gasteiger charge is 2.04. The Morgan fingerprint density at radius 2 is 2.10 bits per heavy atom. The van der Waals surface area contributed by atoms with Gasteiger partial charge in [0.1, 0.15) is 11.3 Å². The minimum atomic E-state index is 0.702. The summed E-state index contributed by atoms with van der Waals surface area (Å²) in [6, 6.07) is 11.9. The van der Waals surface area contributed by atoms with Gasteiger partial charge in [-0.05, 0) is 45.8 Å². The zero-order valence-corrected chi connectivity index (χ0v) is 13.1. The van der Waals surface area contributed by atoms with Crippen LogP contribution in [-0.2, 0) is 6.54 Å². The fraction of sp³-hybridized carbons (Fsp3) is 0.125. The number of aromatic nitrogens is 2. The molecule has 106 valence electrons. The van der Waals surface area contributed by atoms with Gasteiger partial charge in [-0.1, -0.05) is 12.1 Å². The Morgan fingerprint density at radius 3 is 2.95 bits per heavy atom. The summed E-state index contributed by atoms with van der Waals surface area (Å²) in [6.07, 6.45) is 3.56. The van der Waals surface area contributed by atoms with Gasteiger partial charge in [0.05, 0.1) is 18.3 Å². The van der Waals surface area contributed by atoms with E-state index in [1.165, 1.54) is 0 Å². The molecule has 0 saturated heterocycles. The number of hydrogen-bond acceptors (Lipinski definition) is 4. The molecule has 2 aromatic heterocycles. The Morgan fingerprint density at radius 1 is 1.19 bits per heavy atom. The highest BCUT2D eigenvalue weighted by atomic mass is 79.9. The van der Waals surface area contributed by atoms with E-state index in [-0.39, 0.29) is 0 Å². The van der Waals surface area contributed by atoms with Crippen LogP contribution in [0.15, 0.2) is 53.3 Å². The SMILES string of the molecule is COc1cccc(CNc2ccnc3cc(Br)cnc23)c1. The molecule has 0 spiro atoms. The number of anilines is 1. The quantitative estimate of drug-likeness (QED) is 0.777. The van der Waals surface area contributed by atoms with Crippen LogP contribution in [0.2, 0.25) is 0 Å². The molecule has 0 aliphatic heterocycles. The second-order valence-corrected chi connectivity index (χ2v) is 5.50. The van der Waals surface area contributed by atoms with Gasteiger partial charge in [0.2, 0.25) is 0 Å². The maximum atomic E-state index is 5.23. The molecule has 0 aliphatic carbocycles. The highest BCUT2D eigenvalue weighted by Crippen LogP contribution is 2.23. The predicted molar refractivity (Wildman–Crippen MR) is 87.6 cm³/mol. The lowest BCUT2D eigenvalue weighted by Crippen LogP contribution is -2.01. The Bertz CT molecular complexity index is 776. The number of halogens is 1. The van der Waals surface area contributed by atoms with Gasteiger partial charge < -0.3 is 10.1 Å². The number of nitrogens with zero attached hydrogens (tertiary/aromatic N) is 2. The lowest BCUT2D eigenvalue weighted by Gasteiger charge is -2.10. The third-order valence-corrected chi connectivity index (χ3v) is 3.59. The Labute approximate surface area is 131 Å². The average molecular weight is 344 g/mol. The second-order valence-electron chi connectivity index (χ2n) is 4.58. The number of nitrogens with one attached hydrogen (secondary N) is 1. The molecule has 0 saturated carbocycles. The molecule has 0 aliphatic rings. The van der Waals surface area contributed by atoms with E-state index in [0.717, 1.165) is 32.5 Å². The Balaban J connectivity index is 1.84. The first kappa shape index (κ1) is 13.8. The van der Waals surface area contributed by atoms with E-state index in [1.807, 2.05) is 30.3 Å². The smallest absolute Gasteiger partial charge is 0.119 e. The zero-order valence-electron chi connectivity index (χ0n) is 11.5. The number of fused-ring (bicyclic) bond motifs is 1. The number of hydrogen-bond donors (Lipinski definition) is 1. The van der Waals surface area contributed by atoms with Crippen LogP contribution in [0.3, 0.4) is 0 Å². The summed E-state index contributed by atoms with van der Waals surface area (Å²) >= 11 is 3.41. The van der Waals surface area contributed by atoms with Gasteiger partial charge in [0.25, 0.3) is 0 Å². The highest BCUT2D eigenvalue weighted by molar-refractivity contribution is 9.10. The van der Waals surface area contributed by atoms with Crippen molar-refractivity contribution in [1.82, 2.24) is 9.97 Å². The van der Waals surface area contributed by atoms with Crippen molar-refractivity contribution >= 4 is 32.7 Å². The van der Waals surface area contributed by atoms with Gasteiger partial charge in [0.15, 0.2) is 0 Å². The number of methoxy groups -OCH3 is 1. The molecule has 3 aromatic rings. The molecule has 0 radical (unpaired) electrons. The summed E-state index contributed by atoms with van der Waals surface area (Å²) in [5, 5.41) is 3.40. The molecule has 1 N–H and O–H groups in total. The van der Waals surface area contributed by atoms with Gasteiger partial charge in [-0.3, -0.25) is 9.97 Å². The average Bonchev–Trinajstić information content (AvgIpc) is 2.52. The largest absolute Gasteiger partial charge is 0.497 e. The van der Waals surface area contributed by atoms with Crippen LogP contribution in [0, 0.1) is 0 Å². The first-order chi connectivity index (χ1) is 10.3. The minimum absolute atomic E-state index is 0.702. The van der Waals surface area contributed by atoms with Crippen molar-refractivity contribution in [2.24, 2.45) is 0 Å². The molecule has 21 heavy (non-hydrogen) atoms. The molecule has 0 unspecified atom stereocenters. The maximum Gasteiger partial charge on any atom is 0.119 e. The van der Waals surface area contributed by atoms with E-state index < -0.39 is 0 Å². The molecule has 0 amide bonds. The molecule has 0 atom stereocenters. The standard InChI is InChI=1S/C16H14BrN3O/c1-21-13-4-2-3-11(7-13)9-19-14-5-6-18-15-8-12(17)10-20-16(14)15/h2-8,10H,9H2,1H3,(H,18,19). The minimum Gasteiger partial charge on any atom is -0.497 e. The zero-order chi connectivity index (χ0) is 14.7. The third kappa shape index (κ3) is 3.13. The Hall–Kier alpha value is -2.14. The number of rotatable bonds is 4. The summed E-state index contributed by atoms with van der Waals surface area (Å²) in [5.41, 5.74) is 3.84. The lowest BCUT2D eigenvalue weighted by molar-refractivity contribution is 0.414. The van der Waals surface area contributed by atoms with E-state index in [9.17, 15) is 0 Å². The first-order valence-corrected chi connectivity index (χ1v) is 7.32. The molecule has 5 heteroatoms. The van der Waals surface area contributed by atoms with Crippen molar-refractivity contribution in [1.29, 1.82) is 0 Å². The van der Waals surface area contributed by atoms with Crippen molar-refractivity contribution < 1.29 is 4.74 Å². The van der Waals surface area contributed by atoms with E-state index >= 15 is 0 Å². The van der Waals surface area contributed by atoms with Crippen LogP contribution >= 0.6 is 15.9 Å². The van der Waals surface area contributed by atoms with Gasteiger partial charge >= 0.3 is 0 Å². The van der Waals surface area contributed by atoms with Crippen LogP contribution in [-0.4, -0.2) is 17.1 Å². The van der Waals surface area contributed by atoms with Crippen LogP contribution in [0.1, 0.15) is 5.56 Å². The fourth-order valence-electron chi connectivity index (χ4n) is 2.13. The van der Waals surface area contributed by atoms with Gasteiger partial charge in [-0.25, -0.2) is 0 Å². The second kappa shape index (κ2) is 6.10. The molecule has 0 fully saturated rings. The molecule has 0 bridgehead atoms. The van der Waals surface area contributed by atoms with Crippen molar-refractivity contribution in [2.75, 3.05) is 12.4 Å². The summed E-state index contributed by atoms with van der Waals surface area (Å²) < 4.78 is 6.16. The van der Waals surface area contributed by atoms with Gasteiger partial charge in [0, 0.05) is 23.4 Å². The lowest BCUT2D eigenvalue weighted by atomic mass is 10.2. The summed E-state index contributed by atoms with van der Waals surface area (Å²) in [7, 11) is 1.67. The summed E-state index contributed by atoms with van der Waals surface area (Å²) in [6.45, 7) is 0.702. The van der Waals surface area contributed by atoms with Crippen LogP contribution in [0.4, 0.5) is 5.69 Å². The van der Waals surface area contributed by atoms with Gasteiger partial charge in [-0.15, -0.1) is 0 Å². The van der Waals surface area contributed by atoms with E-state index in [1.54, 1.807) is 19.5 Å². The van der Waals surface area contributed by atoms with Crippen LogP contribution in [0.5, 0.6) is 5.75 Å². The van der Waals surface area contributed by atoms with Crippen molar-refractivity contribution in [2.45, 2.75) is 6.54 Å². The third-order valence-electron chi connectivity index (χ3n) is 3.16. The van der Waals surface area contributed by atoms with Gasteiger partial charge in [-0.2, -0.15) is 0 Å². The topological polar surface area (TPSA) is 47.0 Å². The predicted octanol–water partition coefficient (Wildman–Crippen LogP) is 4.01. The van der Waals surface area contributed by atoms with Crippen molar-refractivity contribution in [3.05, 3.63) is 58.8 Å². The molecule has 1 aromatic carbocycles. The van der Waals surface area contributed by atoms with E-state index in [2.05, 4.69) is 37.3 Å².